The van der Waals surface area contributed by atoms with Gasteiger partial charge in [0, 0.05) is 5.02 Å². The highest BCUT2D eigenvalue weighted by atomic mass is 35.5. The third-order valence-corrected chi connectivity index (χ3v) is 4.79. The molecule has 4 rings (SSSR count). The van der Waals surface area contributed by atoms with Crippen LogP contribution in [-0.4, -0.2) is 0 Å². The van der Waals surface area contributed by atoms with Crippen LogP contribution in [-0.2, 0) is 0 Å². The molecule has 0 bridgehead atoms. The van der Waals surface area contributed by atoms with Crippen molar-refractivity contribution in [1.82, 2.24) is 0 Å². The average Bonchev–Trinajstić information content (AvgIpc) is 3.37. The molecule has 0 aliphatic heterocycles. The molecule has 1 saturated carbocycles. The van der Waals surface area contributed by atoms with Crippen molar-refractivity contribution >= 4 is 11.6 Å². The number of benzene rings is 3. The molecule has 1 aliphatic carbocycles. The quantitative estimate of drug-likeness (QED) is 0.534. The fraction of sp³-hybridized carbons (Fsp3) is 0.143. The van der Waals surface area contributed by atoms with Gasteiger partial charge in [-0.1, -0.05) is 78.3 Å². The van der Waals surface area contributed by atoms with Gasteiger partial charge in [-0.15, -0.1) is 0 Å². The van der Waals surface area contributed by atoms with Crippen LogP contribution in [0.25, 0.3) is 11.1 Å². The van der Waals surface area contributed by atoms with Crippen molar-refractivity contribution in [3.63, 3.8) is 0 Å². The summed E-state index contributed by atoms with van der Waals surface area (Å²) in [7, 11) is 0. The Kier molecular flexibility index (Phi) is 3.48. The lowest BCUT2D eigenvalue weighted by Gasteiger charge is -2.05. The smallest absolute Gasteiger partial charge is 0.0406 e. The van der Waals surface area contributed by atoms with Gasteiger partial charge in [0.15, 0.2) is 0 Å². The van der Waals surface area contributed by atoms with Crippen molar-refractivity contribution < 1.29 is 0 Å². The highest BCUT2D eigenvalue weighted by Gasteiger charge is 2.39. The van der Waals surface area contributed by atoms with Crippen LogP contribution >= 0.6 is 11.6 Å². The molecule has 3 aromatic rings. The molecule has 3 aromatic carbocycles. The second-order valence-electron chi connectivity index (χ2n) is 5.99. The topological polar surface area (TPSA) is 0 Å². The van der Waals surface area contributed by atoms with Crippen molar-refractivity contribution in [2.75, 3.05) is 0 Å². The van der Waals surface area contributed by atoms with Crippen LogP contribution in [0.15, 0.2) is 78.9 Å². The lowest BCUT2D eigenvalue weighted by molar-refractivity contribution is 1.03. The third kappa shape index (κ3) is 2.67. The molecule has 0 nitrogen and oxygen atoms in total. The standard InChI is InChI=1S/C21H17Cl/c22-19-12-10-18(11-13-19)21-14-20(21)17-8-6-16(7-9-17)15-4-2-1-3-5-15/h1-13,20-21H,14H2. The maximum Gasteiger partial charge on any atom is 0.0406 e. The summed E-state index contributed by atoms with van der Waals surface area (Å²) in [5.41, 5.74) is 5.41. The van der Waals surface area contributed by atoms with Crippen LogP contribution in [0.4, 0.5) is 0 Å². The molecule has 0 aromatic heterocycles. The first-order chi connectivity index (χ1) is 10.8. The summed E-state index contributed by atoms with van der Waals surface area (Å²) in [6, 6.07) is 27.9. The van der Waals surface area contributed by atoms with E-state index in [4.69, 9.17) is 11.6 Å². The molecular weight excluding hydrogens is 288 g/mol. The lowest BCUT2D eigenvalue weighted by atomic mass is 10.0. The summed E-state index contributed by atoms with van der Waals surface area (Å²) in [5.74, 6) is 1.31. The molecule has 1 heteroatoms. The van der Waals surface area contributed by atoms with E-state index in [2.05, 4.69) is 66.7 Å². The Morgan fingerprint density at radius 2 is 1.09 bits per heavy atom. The molecule has 108 valence electrons. The monoisotopic (exact) mass is 304 g/mol. The molecular formula is C21H17Cl. The fourth-order valence-corrected chi connectivity index (χ4v) is 3.32. The first kappa shape index (κ1) is 13.6. The van der Waals surface area contributed by atoms with Crippen LogP contribution in [0.3, 0.4) is 0 Å². The Hall–Kier alpha value is -2.05. The molecule has 2 atom stereocenters. The molecule has 0 spiro atoms. The first-order valence-electron chi connectivity index (χ1n) is 7.72. The van der Waals surface area contributed by atoms with Crippen LogP contribution in [0.5, 0.6) is 0 Å². The Morgan fingerprint density at radius 3 is 1.68 bits per heavy atom. The van der Waals surface area contributed by atoms with Crippen LogP contribution < -0.4 is 0 Å². The van der Waals surface area contributed by atoms with E-state index in [0.29, 0.717) is 11.8 Å². The van der Waals surface area contributed by atoms with E-state index in [1.54, 1.807) is 0 Å². The normalized spacial score (nSPS) is 19.9. The lowest BCUT2D eigenvalue weighted by Crippen LogP contribution is -1.85. The second-order valence-corrected chi connectivity index (χ2v) is 6.42. The van der Waals surface area contributed by atoms with Gasteiger partial charge in [0.05, 0.1) is 0 Å². The minimum Gasteiger partial charge on any atom is -0.0843 e. The largest absolute Gasteiger partial charge is 0.0843 e. The molecule has 1 aliphatic rings. The average molecular weight is 305 g/mol. The third-order valence-electron chi connectivity index (χ3n) is 4.53. The van der Waals surface area contributed by atoms with Crippen molar-refractivity contribution in [1.29, 1.82) is 0 Å². The van der Waals surface area contributed by atoms with Crippen LogP contribution in [0.2, 0.25) is 5.02 Å². The van der Waals surface area contributed by atoms with Crippen molar-refractivity contribution in [2.45, 2.75) is 18.3 Å². The van der Waals surface area contributed by atoms with Gasteiger partial charge in [-0.3, -0.25) is 0 Å². The minimum atomic E-state index is 0.653. The summed E-state index contributed by atoms with van der Waals surface area (Å²) < 4.78 is 0. The predicted octanol–water partition coefficient (Wildman–Crippen LogP) is 6.28. The summed E-state index contributed by atoms with van der Waals surface area (Å²) in [6.45, 7) is 0. The molecule has 0 amide bonds. The highest BCUT2D eigenvalue weighted by Crippen LogP contribution is 2.54. The zero-order chi connectivity index (χ0) is 14.9. The van der Waals surface area contributed by atoms with Gasteiger partial charge < -0.3 is 0 Å². The number of hydrogen-bond donors (Lipinski definition) is 0. The van der Waals surface area contributed by atoms with Crippen LogP contribution in [0, 0.1) is 0 Å². The Balaban J connectivity index is 1.52. The maximum absolute atomic E-state index is 5.97. The second kappa shape index (κ2) is 5.62. The van der Waals surface area contributed by atoms with E-state index in [1.807, 2.05) is 12.1 Å². The SMILES string of the molecule is Clc1ccc(C2CC2c2ccc(-c3ccccc3)cc2)cc1. The molecule has 0 heterocycles. The van der Waals surface area contributed by atoms with Gasteiger partial charge in [0.1, 0.15) is 0 Å². The summed E-state index contributed by atoms with van der Waals surface area (Å²) >= 11 is 5.97. The van der Waals surface area contributed by atoms with Crippen molar-refractivity contribution in [2.24, 2.45) is 0 Å². The zero-order valence-corrected chi connectivity index (χ0v) is 13.0. The maximum atomic E-state index is 5.97. The Bertz CT molecular complexity index is 757. The fourth-order valence-electron chi connectivity index (χ4n) is 3.20. The molecule has 0 radical (unpaired) electrons. The first-order valence-corrected chi connectivity index (χ1v) is 8.10. The van der Waals surface area contributed by atoms with Crippen molar-refractivity contribution in [3.8, 4) is 11.1 Å². The summed E-state index contributed by atoms with van der Waals surface area (Å²) in [5, 5.41) is 0.813. The summed E-state index contributed by atoms with van der Waals surface area (Å²) in [6.07, 6.45) is 1.24. The van der Waals surface area contributed by atoms with Crippen LogP contribution in [0.1, 0.15) is 29.4 Å². The number of rotatable bonds is 3. The zero-order valence-electron chi connectivity index (χ0n) is 12.2. The Morgan fingerprint density at radius 1 is 0.591 bits per heavy atom. The van der Waals surface area contributed by atoms with Gasteiger partial charge in [-0.05, 0) is 52.6 Å². The van der Waals surface area contributed by atoms with Gasteiger partial charge in [0.25, 0.3) is 0 Å². The van der Waals surface area contributed by atoms with E-state index >= 15 is 0 Å². The van der Waals surface area contributed by atoms with Gasteiger partial charge in [-0.2, -0.15) is 0 Å². The summed E-state index contributed by atoms with van der Waals surface area (Å²) in [4.78, 5) is 0. The molecule has 22 heavy (non-hydrogen) atoms. The number of halogens is 1. The highest BCUT2D eigenvalue weighted by molar-refractivity contribution is 6.30. The molecule has 2 unspecified atom stereocenters. The molecule has 1 fully saturated rings. The minimum absolute atomic E-state index is 0.653. The van der Waals surface area contributed by atoms with E-state index < -0.39 is 0 Å². The van der Waals surface area contributed by atoms with E-state index in [9.17, 15) is 0 Å². The van der Waals surface area contributed by atoms with Crippen molar-refractivity contribution in [3.05, 3.63) is 95.0 Å². The van der Waals surface area contributed by atoms with E-state index in [1.165, 1.54) is 28.7 Å². The predicted molar refractivity (Wildman–Crippen MR) is 93.4 cm³/mol. The molecule has 0 saturated heterocycles. The van der Waals surface area contributed by atoms with Gasteiger partial charge in [0.2, 0.25) is 0 Å². The van der Waals surface area contributed by atoms with Gasteiger partial charge in [-0.25, -0.2) is 0 Å². The van der Waals surface area contributed by atoms with E-state index in [-0.39, 0.29) is 0 Å². The van der Waals surface area contributed by atoms with Gasteiger partial charge >= 0.3 is 0 Å². The molecule has 0 N–H and O–H groups in total. The van der Waals surface area contributed by atoms with E-state index in [0.717, 1.165) is 5.02 Å². The Labute approximate surface area is 136 Å². The number of hydrogen-bond acceptors (Lipinski definition) is 0.